The molecule has 0 saturated heterocycles. The molecular weight excluding hydrogens is 337 g/mol. The first kappa shape index (κ1) is 19.1. The molecule has 0 aliphatic carbocycles. The van der Waals surface area contributed by atoms with Gasteiger partial charge in [-0.1, -0.05) is 54.6 Å². The molecule has 0 aliphatic heterocycles. The minimum atomic E-state index is -0.206. The van der Waals surface area contributed by atoms with Crippen LogP contribution in [0.25, 0.3) is 0 Å². The van der Waals surface area contributed by atoms with Crippen molar-refractivity contribution >= 4 is 0 Å². The molecule has 0 radical (unpaired) electrons. The Hall–Kier alpha value is -2.65. The van der Waals surface area contributed by atoms with Crippen molar-refractivity contribution in [3.63, 3.8) is 0 Å². The maximum atomic E-state index is 13.4. The van der Waals surface area contributed by atoms with Gasteiger partial charge in [-0.05, 0) is 60.8 Å². The minimum absolute atomic E-state index is 0.201. The molecule has 140 valence electrons. The molecule has 3 aromatic rings. The van der Waals surface area contributed by atoms with Crippen LogP contribution in [-0.2, 0) is 0 Å². The second-order valence-electron chi connectivity index (χ2n) is 6.75. The van der Waals surface area contributed by atoms with E-state index in [2.05, 4.69) is 48.6 Å². The zero-order valence-electron chi connectivity index (χ0n) is 15.9. The van der Waals surface area contributed by atoms with Gasteiger partial charge in [-0.25, -0.2) is 4.39 Å². The van der Waals surface area contributed by atoms with Gasteiger partial charge in [-0.2, -0.15) is 0 Å². The van der Waals surface area contributed by atoms with Crippen LogP contribution >= 0.6 is 0 Å². The summed E-state index contributed by atoms with van der Waals surface area (Å²) in [5.74, 6) is 0.836. The summed E-state index contributed by atoms with van der Waals surface area (Å²) in [5.41, 5.74) is 3.60. The SMILES string of the molecule is COc1ccc([C@H](CCN[C@H](C)c2ccccc2)c2ccc(F)cc2)cc1. The Morgan fingerprint density at radius 2 is 1.41 bits per heavy atom. The first-order chi connectivity index (χ1) is 13.2. The normalized spacial score (nSPS) is 13.1. The van der Waals surface area contributed by atoms with Gasteiger partial charge in [0.2, 0.25) is 0 Å². The number of hydrogen-bond donors (Lipinski definition) is 1. The van der Waals surface area contributed by atoms with Crippen LogP contribution in [-0.4, -0.2) is 13.7 Å². The van der Waals surface area contributed by atoms with Gasteiger partial charge in [0.1, 0.15) is 11.6 Å². The van der Waals surface area contributed by atoms with Crippen molar-refractivity contribution in [1.29, 1.82) is 0 Å². The van der Waals surface area contributed by atoms with Gasteiger partial charge in [0.25, 0.3) is 0 Å². The Balaban J connectivity index is 1.72. The number of ether oxygens (including phenoxy) is 1. The van der Waals surface area contributed by atoms with Gasteiger partial charge in [-0.3, -0.25) is 0 Å². The molecule has 2 nitrogen and oxygen atoms in total. The van der Waals surface area contributed by atoms with Crippen molar-refractivity contribution < 1.29 is 9.13 Å². The number of benzene rings is 3. The topological polar surface area (TPSA) is 21.3 Å². The van der Waals surface area contributed by atoms with E-state index in [0.717, 1.165) is 24.3 Å². The van der Waals surface area contributed by atoms with Crippen molar-refractivity contribution in [3.8, 4) is 5.75 Å². The molecule has 0 fully saturated rings. The lowest BCUT2D eigenvalue weighted by Gasteiger charge is -2.21. The standard InChI is InChI=1S/C24H26FNO/c1-18(19-6-4-3-5-7-19)26-17-16-24(20-8-12-22(25)13-9-20)21-10-14-23(27-2)15-11-21/h3-15,18,24,26H,16-17H2,1-2H3/t18-,24-/m1/s1. The monoisotopic (exact) mass is 363 g/mol. The van der Waals surface area contributed by atoms with E-state index in [-0.39, 0.29) is 17.8 Å². The number of hydrogen-bond acceptors (Lipinski definition) is 2. The van der Waals surface area contributed by atoms with Crippen LogP contribution in [0.3, 0.4) is 0 Å². The lowest BCUT2D eigenvalue weighted by molar-refractivity contribution is 0.414. The third-order valence-electron chi connectivity index (χ3n) is 4.97. The van der Waals surface area contributed by atoms with Gasteiger partial charge in [0, 0.05) is 12.0 Å². The summed E-state index contributed by atoms with van der Waals surface area (Å²) < 4.78 is 18.6. The number of halogens is 1. The van der Waals surface area contributed by atoms with E-state index in [4.69, 9.17) is 4.74 Å². The molecule has 0 aromatic heterocycles. The van der Waals surface area contributed by atoms with Crippen LogP contribution in [0.5, 0.6) is 5.75 Å². The van der Waals surface area contributed by atoms with E-state index in [1.165, 1.54) is 23.3 Å². The number of methoxy groups -OCH3 is 1. The van der Waals surface area contributed by atoms with Gasteiger partial charge < -0.3 is 10.1 Å². The third kappa shape index (κ3) is 5.18. The summed E-state index contributed by atoms with van der Waals surface area (Å²) in [5, 5.41) is 3.60. The van der Waals surface area contributed by atoms with Crippen LogP contribution in [0, 0.1) is 5.82 Å². The second kappa shape index (κ2) is 9.33. The van der Waals surface area contributed by atoms with E-state index >= 15 is 0 Å². The third-order valence-corrected chi connectivity index (χ3v) is 4.97. The minimum Gasteiger partial charge on any atom is -0.497 e. The highest BCUT2D eigenvalue weighted by Gasteiger charge is 2.15. The van der Waals surface area contributed by atoms with E-state index in [0.29, 0.717) is 0 Å². The van der Waals surface area contributed by atoms with E-state index < -0.39 is 0 Å². The average molecular weight is 363 g/mol. The van der Waals surface area contributed by atoms with Crippen LogP contribution in [0.4, 0.5) is 4.39 Å². The fourth-order valence-electron chi connectivity index (χ4n) is 3.36. The molecule has 3 aromatic carbocycles. The smallest absolute Gasteiger partial charge is 0.123 e. The largest absolute Gasteiger partial charge is 0.497 e. The van der Waals surface area contributed by atoms with E-state index in [9.17, 15) is 4.39 Å². The number of nitrogens with one attached hydrogen (secondary N) is 1. The van der Waals surface area contributed by atoms with Gasteiger partial charge in [0.15, 0.2) is 0 Å². The van der Waals surface area contributed by atoms with Crippen LogP contribution in [0.1, 0.15) is 42.0 Å². The van der Waals surface area contributed by atoms with Crippen molar-refractivity contribution in [2.75, 3.05) is 13.7 Å². The summed E-state index contributed by atoms with van der Waals surface area (Å²) in [6.07, 6.45) is 0.926. The Morgan fingerprint density at radius 3 is 2.00 bits per heavy atom. The molecule has 0 unspecified atom stereocenters. The molecule has 1 N–H and O–H groups in total. The summed E-state index contributed by atoms with van der Waals surface area (Å²) in [6, 6.07) is 25.7. The molecular formula is C24H26FNO. The molecule has 0 bridgehead atoms. The highest BCUT2D eigenvalue weighted by atomic mass is 19.1. The maximum absolute atomic E-state index is 13.4. The predicted octanol–water partition coefficient (Wildman–Crippen LogP) is 5.71. The second-order valence-corrected chi connectivity index (χ2v) is 6.75. The summed E-state index contributed by atoms with van der Waals surface area (Å²) >= 11 is 0. The van der Waals surface area contributed by atoms with E-state index in [1.807, 2.05) is 30.3 Å². The van der Waals surface area contributed by atoms with Crippen molar-refractivity contribution in [1.82, 2.24) is 5.32 Å². The molecule has 0 amide bonds. The summed E-state index contributed by atoms with van der Waals surface area (Å²) in [4.78, 5) is 0. The fourth-order valence-corrected chi connectivity index (χ4v) is 3.36. The molecule has 3 heteroatoms. The Morgan fingerprint density at radius 1 is 0.815 bits per heavy atom. The van der Waals surface area contributed by atoms with Gasteiger partial charge >= 0.3 is 0 Å². The predicted molar refractivity (Wildman–Crippen MR) is 109 cm³/mol. The molecule has 0 spiro atoms. The Kier molecular flexibility index (Phi) is 6.61. The molecule has 0 heterocycles. The first-order valence-corrected chi connectivity index (χ1v) is 9.35. The van der Waals surface area contributed by atoms with Crippen LogP contribution in [0.15, 0.2) is 78.9 Å². The Bertz CT molecular complexity index is 815. The maximum Gasteiger partial charge on any atom is 0.123 e. The van der Waals surface area contributed by atoms with Crippen molar-refractivity contribution in [2.45, 2.75) is 25.3 Å². The summed E-state index contributed by atoms with van der Waals surface area (Å²) in [7, 11) is 1.67. The van der Waals surface area contributed by atoms with Gasteiger partial charge in [-0.15, -0.1) is 0 Å². The quantitative estimate of drug-likeness (QED) is 0.554. The molecule has 0 saturated carbocycles. The van der Waals surface area contributed by atoms with Crippen molar-refractivity contribution in [2.24, 2.45) is 0 Å². The molecule has 27 heavy (non-hydrogen) atoms. The zero-order valence-corrected chi connectivity index (χ0v) is 15.9. The first-order valence-electron chi connectivity index (χ1n) is 9.35. The van der Waals surface area contributed by atoms with Crippen LogP contribution < -0.4 is 10.1 Å². The van der Waals surface area contributed by atoms with E-state index in [1.54, 1.807) is 7.11 Å². The highest BCUT2D eigenvalue weighted by molar-refractivity contribution is 5.36. The highest BCUT2D eigenvalue weighted by Crippen LogP contribution is 2.29. The lowest BCUT2D eigenvalue weighted by atomic mass is 9.88. The van der Waals surface area contributed by atoms with Crippen LogP contribution in [0.2, 0.25) is 0 Å². The zero-order chi connectivity index (χ0) is 19.1. The fraction of sp³-hybridized carbons (Fsp3) is 0.250. The summed E-state index contributed by atoms with van der Waals surface area (Å²) in [6.45, 7) is 3.04. The number of rotatable bonds is 8. The average Bonchev–Trinajstić information content (AvgIpc) is 2.73. The van der Waals surface area contributed by atoms with Crippen molar-refractivity contribution in [3.05, 3.63) is 101 Å². The Labute approximate surface area is 161 Å². The molecule has 0 aliphatic rings. The molecule has 3 rings (SSSR count). The lowest BCUT2D eigenvalue weighted by Crippen LogP contribution is -2.21. The van der Waals surface area contributed by atoms with Gasteiger partial charge in [0.05, 0.1) is 7.11 Å². The molecule has 2 atom stereocenters.